The van der Waals surface area contributed by atoms with Crippen LogP contribution in [0.3, 0.4) is 0 Å². The maximum Gasteiger partial charge on any atom is 0.259 e. The van der Waals surface area contributed by atoms with Crippen LogP contribution in [0.5, 0.6) is 0 Å². The molecule has 1 aromatic rings. The van der Waals surface area contributed by atoms with E-state index in [9.17, 15) is 13.6 Å². The van der Waals surface area contributed by atoms with Crippen molar-refractivity contribution in [1.82, 2.24) is 0 Å². The summed E-state index contributed by atoms with van der Waals surface area (Å²) in [6.07, 6.45) is 1.31. The van der Waals surface area contributed by atoms with Gasteiger partial charge in [0.05, 0.1) is 5.57 Å². The van der Waals surface area contributed by atoms with Gasteiger partial charge >= 0.3 is 0 Å². The topological polar surface area (TPSA) is 29.1 Å². The van der Waals surface area contributed by atoms with Crippen molar-refractivity contribution in [3.8, 4) is 0 Å². The first-order valence-electron chi connectivity index (χ1n) is 4.75. The third kappa shape index (κ3) is 3.06. The van der Waals surface area contributed by atoms with Crippen LogP contribution in [-0.4, -0.2) is 9.92 Å². The Kier molecular flexibility index (Phi) is 3.78. The number of rotatable bonds is 2. The molecule has 0 saturated heterocycles. The fraction of sp³-hybridized carbons (Fsp3) is 0. The van der Waals surface area contributed by atoms with Crippen LogP contribution in [-0.2, 0) is 4.79 Å². The third-order valence-corrected chi connectivity index (χ3v) is 3.82. The van der Waals surface area contributed by atoms with Gasteiger partial charge in [-0.05, 0) is 38.4 Å². The molecule has 0 unspecified atom stereocenters. The summed E-state index contributed by atoms with van der Waals surface area (Å²) in [5, 5.41) is 2.52. The van der Waals surface area contributed by atoms with Crippen LogP contribution < -0.4 is 5.32 Å². The van der Waals surface area contributed by atoms with Gasteiger partial charge < -0.3 is 5.32 Å². The summed E-state index contributed by atoms with van der Waals surface area (Å²) in [6.45, 7) is 0. The number of carbonyl (C=O) groups is 1. The quantitative estimate of drug-likeness (QED) is 0.818. The monoisotopic (exact) mass is 347 g/mol. The van der Waals surface area contributed by atoms with Crippen LogP contribution in [0.1, 0.15) is 0 Å². The Morgan fingerprint density at radius 1 is 1.18 bits per heavy atom. The van der Waals surface area contributed by atoms with E-state index >= 15 is 0 Å². The van der Waals surface area contributed by atoms with Gasteiger partial charge in [0.15, 0.2) is 0 Å². The molecule has 0 bridgehead atoms. The second kappa shape index (κ2) is 5.31. The maximum absolute atomic E-state index is 13.3. The van der Waals surface area contributed by atoms with E-state index in [0.29, 0.717) is 5.69 Å². The number of amides is 1. The molecule has 0 spiro atoms. The van der Waals surface area contributed by atoms with Crippen molar-refractivity contribution in [1.29, 1.82) is 0 Å². The zero-order valence-electron chi connectivity index (χ0n) is 8.58. The predicted molar refractivity (Wildman–Crippen MR) is 72.4 cm³/mol. The minimum atomic E-state index is -0.532. The fourth-order valence-corrected chi connectivity index (χ4v) is 2.89. The van der Waals surface area contributed by atoms with Crippen molar-refractivity contribution >= 4 is 36.3 Å². The Morgan fingerprint density at radius 2 is 1.88 bits per heavy atom. The van der Waals surface area contributed by atoms with Gasteiger partial charge in [0.25, 0.3) is 5.91 Å². The predicted octanol–water partition coefficient (Wildman–Crippen LogP) is 3.29. The van der Waals surface area contributed by atoms with E-state index in [4.69, 9.17) is 0 Å². The molecule has 17 heavy (non-hydrogen) atoms. The van der Waals surface area contributed by atoms with E-state index in [2.05, 4.69) is 5.32 Å². The average Bonchev–Trinajstić information content (AvgIpc) is 2.32. The van der Waals surface area contributed by atoms with Crippen LogP contribution in [0.2, 0.25) is 0 Å². The van der Waals surface area contributed by atoms with Crippen molar-refractivity contribution in [3.63, 3.8) is 0 Å². The molecule has 0 fully saturated rings. The van der Waals surface area contributed by atoms with Gasteiger partial charge in [0.2, 0.25) is 0 Å². The Labute approximate surface area is 107 Å². The van der Waals surface area contributed by atoms with Gasteiger partial charge in [-0.15, -0.1) is 0 Å². The van der Waals surface area contributed by atoms with Crippen molar-refractivity contribution in [2.75, 3.05) is 5.32 Å². The van der Waals surface area contributed by atoms with E-state index in [1.807, 2.05) is 0 Å². The number of halogens is 3. The van der Waals surface area contributed by atoms with Crippen LogP contribution in [0.4, 0.5) is 14.5 Å². The van der Waals surface area contributed by atoms with E-state index in [0.717, 1.165) is 0 Å². The summed E-state index contributed by atoms with van der Waals surface area (Å²) in [6, 6.07) is 5.33. The van der Waals surface area contributed by atoms with Gasteiger partial charge in [-0.1, -0.05) is 20.7 Å². The summed E-state index contributed by atoms with van der Waals surface area (Å²) in [5.74, 6) is -1.42. The second-order valence-corrected chi connectivity index (χ2v) is 5.31. The molecule has 0 atom stereocenters. The molecule has 1 aromatic carbocycles. The number of hydrogen-bond donors (Lipinski definition) is 1. The number of hydrogen-bond acceptors (Lipinski definition) is 1. The summed E-state index contributed by atoms with van der Waals surface area (Å²) >= 11 is -0.392. The molecular formula is C12H8F2INO. The number of allylic oxidation sites excluding steroid dienone is 2. The normalized spacial score (nSPS) is 14.5. The van der Waals surface area contributed by atoms with Gasteiger partial charge in [0.1, 0.15) is 11.6 Å². The number of benzene rings is 1. The second-order valence-electron chi connectivity index (χ2n) is 3.25. The molecule has 2 rings (SSSR count). The molecule has 0 saturated carbocycles. The molecule has 2 nitrogen and oxygen atoms in total. The highest BCUT2D eigenvalue weighted by Crippen LogP contribution is 2.19. The zero-order valence-corrected chi connectivity index (χ0v) is 10.7. The van der Waals surface area contributed by atoms with Crippen LogP contribution in [0.25, 0.3) is 0 Å². The summed E-state index contributed by atoms with van der Waals surface area (Å²) in [7, 11) is 0. The molecule has 1 aliphatic rings. The Balaban J connectivity index is 2.15. The number of anilines is 1. The molecule has 0 radical (unpaired) electrons. The molecule has 0 aliphatic carbocycles. The van der Waals surface area contributed by atoms with Crippen LogP contribution >= 0.6 is 20.7 Å². The Hall–Kier alpha value is -1.37. The van der Waals surface area contributed by atoms with Crippen molar-refractivity contribution in [2.45, 2.75) is 0 Å². The highest BCUT2D eigenvalue weighted by Gasteiger charge is 2.13. The first kappa shape index (κ1) is 12.1. The highest BCUT2D eigenvalue weighted by atomic mass is 127. The lowest BCUT2D eigenvalue weighted by molar-refractivity contribution is -0.112. The Morgan fingerprint density at radius 3 is 2.53 bits per heavy atom. The van der Waals surface area contributed by atoms with Crippen molar-refractivity contribution < 1.29 is 13.6 Å². The maximum atomic E-state index is 13.3. The van der Waals surface area contributed by atoms with Crippen LogP contribution in [0, 0.1) is 5.82 Å². The molecule has 88 valence electrons. The van der Waals surface area contributed by atoms with E-state index < -0.39 is 32.5 Å². The van der Waals surface area contributed by atoms with Gasteiger partial charge in [0, 0.05) is 5.69 Å². The lowest BCUT2D eigenvalue weighted by Crippen LogP contribution is -2.16. The standard InChI is InChI=1S/C12H8F2INO/c13-8-1-3-9(4-2-8)16-12(17)10-7-15-6-5-11(10)14/h1-7H,(H,16,17). The molecule has 1 aliphatic heterocycles. The molecular weight excluding hydrogens is 339 g/mol. The number of carbonyl (C=O) groups excluding carboxylic acids is 1. The van der Waals surface area contributed by atoms with Crippen molar-refractivity contribution in [2.24, 2.45) is 0 Å². The lowest BCUT2D eigenvalue weighted by atomic mass is 10.2. The third-order valence-electron chi connectivity index (χ3n) is 2.06. The smallest absolute Gasteiger partial charge is 0.259 e. The largest absolute Gasteiger partial charge is 0.322 e. The van der Waals surface area contributed by atoms with Gasteiger partial charge in [-0.3, -0.25) is 4.79 Å². The average molecular weight is 347 g/mol. The van der Waals surface area contributed by atoms with Crippen LogP contribution in [0.15, 0.2) is 45.8 Å². The molecule has 1 heterocycles. The molecule has 0 aromatic heterocycles. The minimum Gasteiger partial charge on any atom is -0.322 e. The zero-order chi connectivity index (χ0) is 12.3. The minimum absolute atomic E-state index is 0.0598. The lowest BCUT2D eigenvalue weighted by Gasteiger charge is -2.07. The van der Waals surface area contributed by atoms with E-state index in [1.165, 1.54) is 30.3 Å². The Bertz CT molecular complexity index is 532. The van der Waals surface area contributed by atoms with E-state index in [-0.39, 0.29) is 11.4 Å². The summed E-state index contributed by atoms with van der Waals surface area (Å²) < 4.78 is 29.3. The highest BCUT2D eigenvalue weighted by molar-refractivity contribution is 14.2. The van der Waals surface area contributed by atoms with Crippen molar-refractivity contribution in [3.05, 3.63) is 51.6 Å². The molecule has 5 heteroatoms. The molecule has 1 amide bonds. The first-order valence-corrected chi connectivity index (χ1v) is 7.24. The molecule has 1 N–H and O–H groups in total. The number of nitrogens with one attached hydrogen (secondary N) is 1. The SMILES string of the molecule is O=C(Nc1ccc(F)cc1)C1=C(F)C=CI=C1. The summed E-state index contributed by atoms with van der Waals surface area (Å²) in [5.41, 5.74) is 0.502. The summed E-state index contributed by atoms with van der Waals surface area (Å²) in [4.78, 5) is 11.7. The first-order chi connectivity index (χ1) is 8.16. The van der Waals surface area contributed by atoms with Gasteiger partial charge in [-0.2, -0.15) is 0 Å². The van der Waals surface area contributed by atoms with E-state index in [1.54, 1.807) is 8.09 Å². The fourth-order valence-electron chi connectivity index (χ4n) is 1.22. The van der Waals surface area contributed by atoms with Gasteiger partial charge in [-0.25, -0.2) is 8.78 Å².